The number of rotatable bonds is 5. The summed E-state index contributed by atoms with van der Waals surface area (Å²) >= 11 is 0. The molecule has 0 aromatic carbocycles. The van der Waals surface area contributed by atoms with Gasteiger partial charge in [0, 0.05) is 18.6 Å². The molecule has 0 bridgehead atoms. The fourth-order valence-electron chi connectivity index (χ4n) is 1.82. The predicted molar refractivity (Wildman–Crippen MR) is 71.8 cm³/mol. The molecule has 18 heavy (non-hydrogen) atoms. The Hall–Kier alpha value is -1.07. The molecule has 0 saturated carbocycles. The first-order valence-electron chi connectivity index (χ1n) is 6.29. The summed E-state index contributed by atoms with van der Waals surface area (Å²) in [6, 6.07) is 0. The van der Waals surface area contributed by atoms with E-state index >= 15 is 0 Å². The molecule has 0 aliphatic rings. The Kier molecular flexibility index (Phi) is 4.40. The third-order valence-electron chi connectivity index (χ3n) is 2.80. The molecule has 5 nitrogen and oxygen atoms in total. The molecule has 104 valence electrons. The van der Waals surface area contributed by atoms with Crippen molar-refractivity contribution in [2.24, 2.45) is 0 Å². The van der Waals surface area contributed by atoms with E-state index in [9.17, 15) is 5.11 Å². The number of nitrogens with one attached hydrogen (secondary N) is 1. The highest BCUT2D eigenvalue weighted by molar-refractivity contribution is 5.30. The van der Waals surface area contributed by atoms with Gasteiger partial charge in [-0.1, -0.05) is 0 Å². The number of methoxy groups -OCH3 is 1. The third-order valence-corrected chi connectivity index (χ3v) is 2.80. The lowest BCUT2D eigenvalue weighted by Crippen LogP contribution is -2.45. The molecule has 1 rings (SSSR count). The van der Waals surface area contributed by atoms with Crippen molar-refractivity contribution >= 4 is 0 Å². The Labute approximate surface area is 109 Å². The molecule has 1 atom stereocenters. The summed E-state index contributed by atoms with van der Waals surface area (Å²) < 4.78 is 7.04. The van der Waals surface area contributed by atoms with Crippen LogP contribution in [-0.4, -0.2) is 34.1 Å². The van der Waals surface area contributed by atoms with Crippen molar-refractivity contribution in [3.8, 4) is 5.75 Å². The van der Waals surface area contributed by atoms with Crippen LogP contribution in [0, 0.1) is 0 Å². The molecule has 0 spiro atoms. The van der Waals surface area contributed by atoms with Gasteiger partial charge in [-0.2, -0.15) is 5.10 Å². The van der Waals surface area contributed by atoms with E-state index in [1.807, 2.05) is 6.92 Å². The van der Waals surface area contributed by atoms with E-state index in [0.29, 0.717) is 24.5 Å². The quantitative estimate of drug-likeness (QED) is 0.837. The van der Waals surface area contributed by atoms with Crippen molar-refractivity contribution in [3.63, 3.8) is 0 Å². The van der Waals surface area contributed by atoms with Gasteiger partial charge in [0.1, 0.15) is 11.3 Å². The van der Waals surface area contributed by atoms with Crippen molar-refractivity contribution in [1.29, 1.82) is 0 Å². The highest BCUT2D eigenvalue weighted by Gasteiger charge is 2.32. The van der Waals surface area contributed by atoms with Crippen LogP contribution in [0.25, 0.3) is 0 Å². The van der Waals surface area contributed by atoms with Gasteiger partial charge >= 0.3 is 0 Å². The SMILES string of the molecule is CCn1ncc(OC)c1C(C)(O)CNC(C)(C)C. The number of ether oxygens (including phenoxy) is 1. The molecule has 5 heteroatoms. The van der Waals surface area contributed by atoms with E-state index in [4.69, 9.17) is 4.74 Å². The van der Waals surface area contributed by atoms with Crippen molar-refractivity contribution < 1.29 is 9.84 Å². The van der Waals surface area contributed by atoms with Crippen LogP contribution in [0.5, 0.6) is 5.75 Å². The molecule has 0 saturated heterocycles. The van der Waals surface area contributed by atoms with E-state index in [1.54, 1.807) is 24.9 Å². The maximum absolute atomic E-state index is 10.7. The van der Waals surface area contributed by atoms with Crippen LogP contribution >= 0.6 is 0 Å². The summed E-state index contributed by atoms with van der Waals surface area (Å²) in [5.74, 6) is 0.623. The second kappa shape index (κ2) is 5.28. The molecule has 0 aliphatic heterocycles. The average Bonchev–Trinajstić information content (AvgIpc) is 2.69. The molecule has 2 N–H and O–H groups in total. The zero-order chi connectivity index (χ0) is 14.0. The lowest BCUT2D eigenvalue weighted by Gasteiger charge is -2.30. The van der Waals surface area contributed by atoms with Gasteiger partial charge in [-0.25, -0.2) is 0 Å². The Bertz CT molecular complexity index is 370. The third kappa shape index (κ3) is 3.46. The fourth-order valence-corrected chi connectivity index (χ4v) is 1.82. The minimum absolute atomic E-state index is 0.0473. The highest BCUT2D eigenvalue weighted by Crippen LogP contribution is 2.29. The smallest absolute Gasteiger partial charge is 0.162 e. The van der Waals surface area contributed by atoms with Crippen LogP contribution in [0.15, 0.2) is 6.20 Å². The first-order chi connectivity index (χ1) is 8.21. The molecule has 0 radical (unpaired) electrons. The standard InChI is InChI=1S/C13H25N3O2/c1-7-16-11(10(18-6)8-15-16)13(5,17)9-14-12(2,3)4/h8,14,17H,7,9H2,1-6H3. The summed E-state index contributed by atoms with van der Waals surface area (Å²) in [5.41, 5.74) is -0.358. The number of nitrogens with zero attached hydrogens (tertiary/aromatic N) is 2. The second-order valence-corrected chi connectivity index (χ2v) is 5.75. The lowest BCUT2D eigenvalue weighted by molar-refractivity contribution is 0.0387. The van der Waals surface area contributed by atoms with Crippen molar-refractivity contribution in [2.75, 3.05) is 13.7 Å². The number of aliphatic hydroxyl groups is 1. The Morgan fingerprint density at radius 3 is 2.44 bits per heavy atom. The maximum atomic E-state index is 10.7. The Morgan fingerprint density at radius 2 is 2.00 bits per heavy atom. The summed E-state index contributed by atoms with van der Waals surface area (Å²) in [4.78, 5) is 0. The van der Waals surface area contributed by atoms with E-state index < -0.39 is 5.60 Å². The predicted octanol–water partition coefficient (Wildman–Crippen LogP) is 1.51. The van der Waals surface area contributed by atoms with Crippen LogP contribution < -0.4 is 10.1 Å². The van der Waals surface area contributed by atoms with Crippen LogP contribution in [-0.2, 0) is 12.1 Å². The number of aromatic nitrogens is 2. The zero-order valence-electron chi connectivity index (χ0n) is 12.2. The zero-order valence-corrected chi connectivity index (χ0v) is 12.2. The average molecular weight is 255 g/mol. The van der Waals surface area contributed by atoms with Gasteiger partial charge in [-0.05, 0) is 34.6 Å². The van der Waals surface area contributed by atoms with Gasteiger partial charge in [-0.3, -0.25) is 4.68 Å². The summed E-state index contributed by atoms with van der Waals surface area (Å²) in [6.07, 6.45) is 1.64. The van der Waals surface area contributed by atoms with Gasteiger partial charge in [0.15, 0.2) is 5.75 Å². The topological polar surface area (TPSA) is 59.3 Å². The molecule has 1 unspecified atom stereocenters. The number of β-amino-alcohol motifs (C(OH)–C–C–N with tert-alkyl or cyclic N) is 1. The van der Waals surface area contributed by atoms with Crippen molar-refractivity contribution in [1.82, 2.24) is 15.1 Å². The highest BCUT2D eigenvalue weighted by atomic mass is 16.5. The van der Waals surface area contributed by atoms with Crippen LogP contribution in [0.1, 0.15) is 40.3 Å². The van der Waals surface area contributed by atoms with Gasteiger partial charge < -0.3 is 15.2 Å². The second-order valence-electron chi connectivity index (χ2n) is 5.75. The normalized spacial score (nSPS) is 15.5. The molecular formula is C13H25N3O2. The van der Waals surface area contributed by atoms with E-state index in [0.717, 1.165) is 0 Å². The van der Waals surface area contributed by atoms with Gasteiger partial charge in [-0.15, -0.1) is 0 Å². The number of hydrogen-bond acceptors (Lipinski definition) is 4. The van der Waals surface area contributed by atoms with Crippen molar-refractivity contribution in [2.45, 2.75) is 52.3 Å². The van der Waals surface area contributed by atoms with Gasteiger partial charge in [0.25, 0.3) is 0 Å². The Balaban J connectivity index is 2.99. The largest absolute Gasteiger partial charge is 0.493 e. The van der Waals surface area contributed by atoms with E-state index in [-0.39, 0.29) is 5.54 Å². The Morgan fingerprint density at radius 1 is 1.39 bits per heavy atom. The number of hydrogen-bond donors (Lipinski definition) is 2. The van der Waals surface area contributed by atoms with E-state index in [2.05, 4.69) is 31.2 Å². The molecule has 0 amide bonds. The molecule has 1 heterocycles. The van der Waals surface area contributed by atoms with Crippen LogP contribution in [0.3, 0.4) is 0 Å². The first kappa shape index (κ1) is 15.0. The first-order valence-corrected chi connectivity index (χ1v) is 6.29. The van der Waals surface area contributed by atoms with E-state index in [1.165, 1.54) is 0 Å². The number of aryl methyl sites for hydroxylation is 1. The molecular weight excluding hydrogens is 230 g/mol. The molecule has 0 fully saturated rings. The van der Waals surface area contributed by atoms with Gasteiger partial charge in [0.05, 0.1) is 13.3 Å². The monoisotopic (exact) mass is 255 g/mol. The summed E-state index contributed by atoms with van der Waals surface area (Å²) in [6.45, 7) is 11.1. The molecule has 0 aliphatic carbocycles. The minimum atomic E-state index is -1.02. The maximum Gasteiger partial charge on any atom is 0.162 e. The van der Waals surface area contributed by atoms with Crippen LogP contribution in [0.4, 0.5) is 0 Å². The minimum Gasteiger partial charge on any atom is -0.493 e. The summed E-state index contributed by atoms with van der Waals surface area (Å²) in [7, 11) is 1.59. The fraction of sp³-hybridized carbons (Fsp3) is 0.769. The van der Waals surface area contributed by atoms with Crippen LogP contribution in [0.2, 0.25) is 0 Å². The summed E-state index contributed by atoms with van der Waals surface area (Å²) in [5, 5.41) is 18.2. The van der Waals surface area contributed by atoms with Gasteiger partial charge in [0.2, 0.25) is 0 Å². The lowest BCUT2D eigenvalue weighted by atomic mass is 9.99. The molecule has 1 aromatic rings. The van der Waals surface area contributed by atoms with Crippen molar-refractivity contribution in [3.05, 3.63) is 11.9 Å². The molecule has 1 aromatic heterocycles.